The Bertz CT molecular complexity index is 797. The zero-order valence-corrected chi connectivity index (χ0v) is 17.1. The van der Waals surface area contributed by atoms with Crippen LogP contribution in [0.1, 0.15) is 65.9 Å². The molecule has 3 heterocycles. The summed E-state index contributed by atoms with van der Waals surface area (Å²) >= 11 is 0. The number of aryl methyl sites for hydroxylation is 2. The molecule has 0 fully saturated rings. The Kier molecular flexibility index (Phi) is 5.60. The Labute approximate surface area is 163 Å². The quantitative estimate of drug-likeness (QED) is 0.765. The van der Waals surface area contributed by atoms with Crippen molar-refractivity contribution in [2.45, 2.75) is 78.7 Å². The smallest absolute Gasteiger partial charge is 0.0727 e. The predicted octanol–water partition coefficient (Wildman–Crippen LogP) is 4.75. The standard InChI is InChI=1S/C24H32N2O/c1-4-5-6-23-20-13-18(3)27-16-22(20)21-15-26(12-11-24(21)25-23)14-19-9-7-17(2)8-10-19/h7-10,18H,4-6,11-16H2,1-3H3/t18-/m0/s1. The van der Waals surface area contributed by atoms with Crippen LogP contribution in [-0.2, 0) is 43.7 Å². The second-order valence-electron chi connectivity index (χ2n) is 8.32. The third-order valence-electron chi connectivity index (χ3n) is 6.04. The van der Waals surface area contributed by atoms with E-state index < -0.39 is 0 Å². The summed E-state index contributed by atoms with van der Waals surface area (Å²) in [5.74, 6) is 0. The maximum atomic E-state index is 6.05. The molecule has 0 aliphatic carbocycles. The highest BCUT2D eigenvalue weighted by Crippen LogP contribution is 2.32. The molecular weight excluding hydrogens is 332 g/mol. The summed E-state index contributed by atoms with van der Waals surface area (Å²) in [5, 5.41) is 0. The Balaban J connectivity index is 1.60. The summed E-state index contributed by atoms with van der Waals surface area (Å²) in [6.07, 6.45) is 5.96. The number of rotatable bonds is 5. The lowest BCUT2D eigenvalue weighted by Gasteiger charge is -2.34. The van der Waals surface area contributed by atoms with Crippen molar-refractivity contribution < 1.29 is 4.74 Å². The van der Waals surface area contributed by atoms with E-state index in [9.17, 15) is 0 Å². The molecule has 0 radical (unpaired) electrons. The van der Waals surface area contributed by atoms with Crippen molar-refractivity contribution in [3.63, 3.8) is 0 Å². The predicted molar refractivity (Wildman–Crippen MR) is 110 cm³/mol. The molecule has 1 aromatic heterocycles. The number of benzene rings is 1. The molecule has 0 saturated heterocycles. The first-order chi connectivity index (χ1) is 13.1. The van der Waals surface area contributed by atoms with Crippen molar-refractivity contribution >= 4 is 0 Å². The molecule has 0 spiro atoms. The lowest BCUT2D eigenvalue weighted by molar-refractivity contribution is 0.0391. The van der Waals surface area contributed by atoms with Gasteiger partial charge < -0.3 is 4.74 Å². The van der Waals surface area contributed by atoms with Crippen molar-refractivity contribution in [1.29, 1.82) is 0 Å². The van der Waals surface area contributed by atoms with Crippen LogP contribution in [0.4, 0.5) is 0 Å². The van der Waals surface area contributed by atoms with Crippen LogP contribution >= 0.6 is 0 Å². The lowest BCUT2D eigenvalue weighted by atomic mass is 9.89. The van der Waals surface area contributed by atoms with E-state index in [0.717, 1.165) is 45.5 Å². The van der Waals surface area contributed by atoms with Crippen molar-refractivity contribution in [3.8, 4) is 0 Å². The molecule has 2 aliphatic rings. The van der Waals surface area contributed by atoms with Gasteiger partial charge in [0.1, 0.15) is 0 Å². The SMILES string of the molecule is CCCCc1nc2c(c3c1C[C@H](C)OC3)CN(Cc1ccc(C)cc1)CC2. The number of pyridine rings is 1. The molecule has 0 saturated carbocycles. The van der Waals surface area contributed by atoms with E-state index in [-0.39, 0.29) is 0 Å². The lowest BCUT2D eigenvalue weighted by Crippen LogP contribution is -2.34. The molecule has 3 heteroatoms. The molecule has 1 atom stereocenters. The van der Waals surface area contributed by atoms with Gasteiger partial charge in [0.05, 0.1) is 12.7 Å². The summed E-state index contributed by atoms with van der Waals surface area (Å²) in [6.45, 7) is 10.5. The van der Waals surface area contributed by atoms with Gasteiger partial charge in [-0.1, -0.05) is 43.2 Å². The number of hydrogen-bond donors (Lipinski definition) is 0. The first kappa shape index (κ1) is 18.6. The monoisotopic (exact) mass is 364 g/mol. The van der Waals surface area contributed by atoms with E-state index in [1.807, 2.05) is 0 Å². The summed E-state index contributed by atoms with van der Waals surface area (Å²) in [7, 11) is 0. The minimum absolute atomic E-state index is 0.310. The van der Waals surface area contributed by atoms with Crippen LogP contribution in [0.5, 0.6) is 0 Å². The van der Waals surface area contributed by atoms with Gasteiger partial charge in [0.2, 0.25) is 0 Å². The van der Waals surface area contributed by atoms with E-state index in [1.54, 1.807) is 0 Å². The zero-order valence-electron chi connectivity index (χ0n) is 17.1. The van der Waals surface area contributed by atoms with Crippen molar-refractivity contribution in [2.75, 3.05) is 6.54 Å². The van der Waals surface area contributed by atoms with Crippen LogP contribution in [0.3, 0.4) is 0 Å². The van der Waals surface area contributed by atoms with E-state index in [4.69, 9.17) is 9.72 Å². The molecule has 0 amide bonds. The first-order valence-electron chi connectivity index (χ1n) is 10.6. The Hall–Kier alpha value is -1.71. The highest BCUT2D eigenvalue weighted by molar-refractivity contribution is 5.43. The van der Waals surface area contributed by atoms with Gasteiger partial charge in [-0.05, 0) is 48.9 Å². The third-order valence-corrected chi connectivity index (χ3v) is 6.04. The first-order valence-corrected chi connectivity index (χ1v) is 10.6. The molecule has 1 aromatic carbocycles. The molecule has 2 aromatic rings. The molecule has 27 heavy (non-hydrogen) atoms. The van der Waals surface area contributed by atoms with Gasteiger partial charge in [-0.15, -0.1) is 0 Å². The molecule has 0 bridgehead atoms. The molecule has 2 aliphatic heterocycles. The average Bonchev–Trinajstić information content (AvgIpc) is 2.68. The number of fused-ring (bicyclic) bond motifs is 3. The normalized spacial score (nSPS) is 19.6. The molecule has 0 N–H and O–H groups in total. The second kappa shape index (κ2) is 8.12. The fourth-order valence-electron chi connectivity index (χ4n) is 4.41. The van der Waals surface area contributed by atoms with Crippen LogP contribution in [0, 0.1) is 6.92 Å². The van der Waals surface area contributed by atoms with Crippen LogP contribution in [0.2, 0.25) is 0 Å². The van der Waals surface area contributed by atoms with E-state index in [0.29, 0.717) is 6.10 Å². The van der Waals surface area contributed by atoms with Crippen LogP contribution in [0.25, 0.3) is 0 Å². The number of unbranched alkanes of at least 4 members (excludes halogenated alkanes) is 1. The number of nitrogens with zero attached hydrogens (tertiary/aromatic N) is 2. The molecule has 0 unspecified atom stereocenters. The molecular formula is C24H32N2O. The van der Waals surface area contributed by atoms with Crippen LogP contribution < -0.4 is 0 Å². The van der Waals surface area contributed by atoms with Gasteiger partial charge in [-0.25, -0.2) is 0 Å². The van der Waals surface area contributed by atoms with Gasteiger partial charge in [0, 0.05) is 43.9 Å². The van der Waals surface area contributed by atoms with Gasteiger partial charge in [0.15, 0.2) is 0 Å². The topological polar surface area (TPSA) is 25.4 Å². The fraction of sp³-hybridized carbons (Fsp3) is 0.542. The minimum atomic E-state index is 0.310. The van der Waals surface area contributed by atoms with Crippen molar-refractivity contribution in [2.24, 2.45) is 0 Å². The number of aromatic nitrogens is 1. The maximum absolute atomic E-state index is 6.05. The summed E-state index contributed by atoms with van der Waals surface area (Å²) < 4.78 is 6.05. The average molecular weight is 365 g/mol. The number of ether oxygens (including phenoxy) is 1. The van der Waals surface area contributed by atoms with Crippen LogP contribution in [-0.4, -0.2) is 22.5 Å². The van der Waals surface area contributed by atoms with Crippen molar-refractivity contribution in [3.05, 3.63) is 63.5 Å². The second-order valence-corrected chi connectivity index (χ2v) is 8.32. The van der Waals surface area contributed by atoms with Gasteiger partial charge in [-0.3, -0.25) is 9.88 Å². The minimum Gasteiger partial charge on any atom is -0.373 e. The van der Waals surface area contributed by atoms with E-state index in [2.05, 4.69) is 49.9 Å². The third kappa shape index (κ3) is 4.09. The van der Waals surface area contributed by atoms with Crippen LogP contribution in [0.15, 0.2) is 24.3 Å². The van der Waals surface area contributed by atoms with Crippen molar-refractivity contribution in [1.82, 2.24) is 9.88 Å². The number of hydrogen-bond acceptors (Lipinski definition) is 3. The highest BCUT2D eigenvalue weighted by Gasteiger charge is 2.28. The summed E-state index contributed by atoms with van der Waals surface area (Å²) in [5.41, 5.74) is 9.82. The molecule has 4 rings (SSSR count). The summed E-state index contributed by atoms with van der Waals surface area (Å²) in [4.78, 5) is 7.74. The summed E-state index contributed by atoms with van der Waals surface area (Å²) in [6, 6.07) is 8.95. The maximum Gasteiger partial charge on any atom is 0.0727 e. The molecule has 3 nitrogen and oxygen atoms in total. The Morgan fingerprint density at radius 3 is 2.74 bits per heavy atom. The van der Waals surface area contributed by atoms with E-state index >= 15 is 0 Å². The zero-order chi connectivity index (χ0) is 18.8. The van der Waals surface area contributed by atoms with Gasteiger partial charge >= 0.3 is 0 Å². The Morgan fingerprint density at radius 1 is 1.15 bits per heavy atom. The highest BCUT2D eigenvalue weighted by atomic mass is 16.5. The largest absolute Gasteiger partial charge is 0.373 e. The van der Waals surface area contributed by atoms with Gasteiger partial charge in [-0.2, -0.15) is 0 Å². The van der Waals surface area contributed by atoms with E-state index in [1.165, 1.54) is 52.0 Å². The fourth-order valence-corrected chi connectivity index (χ4v) is 4.41. The Morgan fingerprint density at radius 2 is 1.96 bits per heavy atom. The van der Waals surface area contributed by atoms with Gasteiger partial charge in [0.25, 0.3) is 0 Å². The molecule has 144 valence electrons.